The van der Waals surface area contributed by atoms with Gasteiger partial charge in [0.1, 0.15) is 11.5 Å². The molecule has 1 saturated carbocycles. The Morgan fingerprint density at radius 1 is 1.20 bits per heavy atom. The fourth-order valence-electron chi connectivity index (χ4n) is 7.07. The minimum atomic E-state index is -0.545. The average Bonchev–Trinajstić information content (AvgIpc) is 3.13. The molecule has 2 aliphatic carbocycles. The molecule has 5 rings (SSSR count). The number of carbonyl (C=O) groups excluding carboxylic acids is 2. The van der Waals surface area contributed by atoms with E-state index in [2.05, 4.69) is 42.7 Å². The van der Waals surface area contributed by atoms with Crippen LogP contribution in [0.1, 0.15) is 88.7 Å². The predicted molar refractivity (Wildman–Crippen MR) is 140 cm³/mol. The van der Waals surface area contributed by atoms with Gasteiger partial charge in [0.05, 0.1) is 24.1 Å². The zero-order chi connectivity index (χ0) is 24.9. The maximum atomic E-state index is 13.4. The minimum Gasteiger partial charge on any atom is -0.497 e. The van der Waals surface area contributed by atoms with Gasteiger partial charge in [-0.05, 0) is 85.1 Å². The molecule has 3 atom stereocenters. The molecular weight excluding hydrogens is 436 g/mol. The van der Waals surface area contributed by atoms with Crippen LogP contribution in [0.4, 0.5) is 0 Å². The normalized spacial score (nSPS) is 25.8. The van der Waals surface area contributed by atoms with Gasteiger partial charge in [-0.15, -0.1) is 0 Å². The Bertz CT molecular complexity index is 1300. The summed E-state index contributed by atoms with van der Waals surface area (Å²) in [6, 6.07) is 6.36. The molecule has 0 bridgehead atoms. The number of hydrogen-bond acceptors (Lipinski definition) is 3. The van der Waals surface area contributed by atoms with E-state index in [1.165, 1.54) is 59.7 Å². The molecule has 35 heavy (non-hydrogen) atoms. The summed E-state index contributed by atoms with van der Waals surface area (Å²) in [5, 5.41) is 2.33. The number of hydrogen-bond donors (Lipinski definition) is 1. The van der Waals surface area contributed by atoms with Crippen LogP contribution in [-0.4, -0.2) is 23.4 Å². The van der Waals surface area contributed by atoms with E-state index in [0.29, 0.717) is 18.9 Å². The fourth-order valence-corrected chi connectivity index (χ4v) is 7.07. The average molecular weight is 475 g/mol. The topological polar surface area (TPSA) is 74.3 Å². The third-order valence-electron chi connectivity index (χ3n) is 9.28. The van der Waals surface area contributed by atoms with Crippen molar-refractivity contribution in [3.63, 3.8) is 0 Å². The van der Waals surface area contributed by atoms with Gasteiger partial charge in [-0.3, -0.25) is 9.59 Å². The van der Waals surface area contributed by atoms with Gasteiger partial charge in [-0.1, -0.05) is 39.2 Å². The van der Waals surface area contributed by atoms with Crippen LogP contribution in [0.15, 0.2) is 18.2 Å². The van der Waals surface area contributed by atoms with Gasteiger partial charge >= 0.3 is 0 Å². The van der Waals surface area contributed by atoms with Gasteiger partial charge in [0.25, 0.3) is 0 Å². The Balaban J connectivity index is 1.91. The van der Waals surface area contributed by atoms with E-state index in [1.807, 2.05) is 6.07 Å². The van der Waals surface area contributed by atoms with Gasteiger partial charge in [-0.25, -0.2) is 0 Å². The summed E-state index contributed by atoms with van der Waals surface area (Å²) in [5.41, 5.74) is 10.2. The first kappa shape index (κ1) is 23.9. The Hall–Kier alpha value is -2.82. The molecule has 1 aromatic carbocycles. The van der Waals surface area contributed by atoms with Crippen molar-refractivity contribution in [2.45, 2.75) is 84.1 Å². The molecule has 1 amide bonds. The number of nitrogens with two attached hydrogens (primary N) is 1. The van der Waals surface area contributed by atoms with Gasteiger partial charge in [0.2, 0.25) is 5.91 Å². The third-order valence-corrected chi connectivity index (χ3v) is 9.28. The van der Waals surface area contributed by atoms with Crippen LogP contribution in [0, 0.1) is 11.3 Å². The van der Waals surface area contributed by atoms with E-state index in [1.54, 1.807) is 14.0 Å². The SMILES string of the molecule is CCC1(C(C)=O)Cn2c(c(C3CCCCC3)c3c2=CC(C(N)=O)CC=3)-c2ccc(OC)cc2C1C. The van der Waals surface area contributed by atoms with E-state index >= 15 is 0 Å². The van der Waals surface area contributed by atoms with Crippen molar-refractivity contribution in [1.82, 2.24) is 4.57 Å². The first-order valence-electron chi connectivity index (χ1n) is 13.3. The summed E-state index contributed by atoms with van der Waals surface area (Å²) in [7, 11) is 1.70. The number of benzene rings is 1. The van der Waals surface area contributed by atoms with Crippen molar-refractivity contribution in [1.29, 1.82) is 0 Å². The highest BCUT2D eigenvalue weighted by Gasteiger charge is 2.45. The van der Waals surface area contributed by atoms with E-state index in [-0.39, 0.29) is 23.5 Å². The first-order chi connectivity index (χ1) is 16.8. The molecule has 2 aromatic rings. The van der Waals surface area contributed by atoms with E-state index < -0.39 is 5.41 Å². The van der Waals surface area contributed by atoms with Crippen LogP contribution in [0.5, 0.6) is 5.75 Å². The van der Waals surface area contributed by atoms with Gasteiger partial charge in [-0.2, -0.15) is 0 Å². The number of aromatic nitrogens is 1. The maximum Gasteiger partial charge on any atom is 0.224 e. The van der Waals surface area contributed by atoms with Crippen LogP contribution in [0.2, 0.25) is 0 Å². The molecule has 186 valence electrons. The number of Topliss-reactive ketones (excluding diaryl/α,β-unsaturated/α-hetero) is 1. The Morgan fingerprint density at radius 3 is 2.57 bits per heavy atom. The molecule has 1 aromatic heterocycles. The van der Waals surface area contributed by atoms with Crippen molar-refractivity contribution in [3.8, 4) is 17.0 Å². The number of amides is 1. The fraction of sp³-hybridized carbons (Fsp3) is 0.533. The van der Waals surface area contributed by atoms with Crippen molar-refractivity contribution < 1.29 is 14.3 Å². The lowest BCUT2D eigenvalue weighted by Crippen LogP contribution is -2.43. The van der Waals surface area contributed by atoms with Gasteiger partial charge in [0.15, 0.2) is 0 Å². The monoisotopic (exact) mass is 474 g/mol. The summed E-state index contributed by atoms with van der Waals surface area (Å²) in [5.74, 6) is 0.943. The van der Waals surface area contributed by atoms with Crippen molar-refractivity contribution in [3.05, 3.63) is 39.9 Å². The van der Waals surface area contributed by atoms with Crippen LogP contribution >= 0.6 is 0 Å². The summed E-state index contributed by atoms with van der Waals surface area (Å²) in [6.45, 7) is 6.68. The number of ketones is 1. The first-order valence-corrected chi connectivity index (χ1v) is 13.3. The van der Waals surface area contributed by atoms with Crippen molar-refractivity contribution in [2.24, 2.45) is 17.1 Å². The number of nitrogens with zero attached hydrogens (tertiary/aromatic N) is 1. The quantitative estimate of drug-likeness (QED) is 0.699. The maximum absolute atomic E-state index is 13.4. The molecule has 5 heteroatoms. The highest BCUT2D eigenvalue weighted by Crippen LogP contribution is 2.50. The summed E-state index contributed by atoms with van der Waals surface area (Å²) in [4.78, 5) is 25.6. The van der Waals surface area contributed by atoms with Gasteiger partial charge < -0.3 is 15.0 Å². The molecule has 1 fully saturated rings. The summed E-state index contributed by atoms with van der Waals surface area (Å²) < 4.78 is 8.01. The molecule has 0 radical (unpaired) electrons. The minimum absolute atomic E-state index is 0.0318. The Labute approximate surface area is 208 Å². The number of primary amides is 1. The lowest BCUT2D eigenvalue weighted by atomic mass is 9.68. The Morgan fingerprint density at radius 2 is 1.94 bits per heavy atom. The predicted octanol–water partition coefficient (Wildman–Crippen LogP) is 4.38. The van der Waals surface area contributed by atoms with Crippen molar-refractivity contribution in [2.75, 3.05) is 7.11 Å². The molecular formula is C30H38N2O3. The largest absolute Gasteiger partial charge is 0.497 e. The number of fused-ring (bicyclic) bond motifs is 5. The second-order valence-electron chi connectivity index (χ2n) is 10.8. The molecule has 0 spiro atoms. The van der Waals surface area contributed by atoms with Crippen LogP contribution < -0.4 is 21.0 Å². The molecule has 2 N–H and O–H groups in total. The lowest BCUT2D eigenvalue weighted by molar-refractivity contribution is -0.129. The number of rotatable bonds is 5. The van der Waals surface area contributed by atoms with E-state index in [4.69, 9.17) is 10.5 Å². The standard InChI is InChI=1S/C30H38N2O3/c1-5-30(19(3)33)17-32-26-15-21(29(31)34)11-13-24(26)27(20-9-7-6-8-10-20)28(32)23-14-12-22(35-4)16-25(23)18(30)2/h12-16,18,20-21H,5-11,17H2,1-4H3,(H2,31,34). The smallest absolute Gasteiger partial charge is 0.224 e. The van der Waals surface area contributed by atoms with Crippen LogP contribution in [0.25, 0.3) is 23.4 Å². The summed E-state index contributed by atoms with van der Waals surface area (Å²) in [6.07, 6.45) is 11.9. The molecule has 1 aliphatic heterocycles. The molecule has 0 saturated heterocycles. The highest BCUT2D eigenvalue weighted by atomic mass is 16.5. The number of carbonyl (C=O) groups is 2. The third kappa shape index (κ3) is 3.66. The molecule has 3 unspecified atom stereocenters. The van der Waals surface area contributed by atoms with E-state index in [9.17, 15) is 9.59 Å². The molecule has 3 aliphatic rings. The zero-order valence-corrected chi connectivity index (χ0v) is 21.5. The Kier molecular flexibility index (Phi) is 6.14. The lowest BCUT2D eigenvalue weighted by Gasteiger charge is -2.36. The van der Waals surface area contributed by atoms with Gasteiger partial charge in [0, 0.05) is 17.5 Å². The van der Waals surface area contributed by atoms with E-state index in [0.717, 1.165) is 17.5 Å². The van der Waals surface area contributed by atoms with Crippen LogP contribution in [0.3, 0.4) is 0 Å². The van der Waals surface area contributed by atoms with Crippen molar-refractivity contribution >= 4 is 23.8 Å². The van der Waals surface area contributed by atoms with Crippen LogP contribution in [-0.2, 0) is 16.1 Å². The highest BCUT2D eigenvalue weighted by molar-refractivity contribution is 5.87. The molecule has 2 heterocycles. The summed E-state index contributed by atoms with van der Waals surface area (Å²) >= 11 is 0. The molecule has 5 nitrogen and oxygen atoms in total. The second-order valence-corrected chi connectivity index (χ2v) is 10.8. The zero-order valence-electron chi connectivity index (χ0n) is 21.5. The number of ether oxygens (including phenoxy) is 1. The second kappa shape index (κ2) is 9.00. The number of methoxy groups -OCH3 is 1.